The molecule has 0 bridgehead atoms. The predicted molar refractivity (Wildman–Crippen MR) is 91.8 cm³/mol. The second kappa shape index (κ2) is 7.64. The molecule has 0 saturated heterocycles. The fourth-order valence-corrected chi connectivity index (χ4v) is 2.91. The highest BCUT2D eigenvalue weighted by Crippen LogP contribution is 2.34. The van der Waals surface area contributed by atoms with Crippen molar-refractivity contribution in [2.45, 2.75) is 38.3 Å². The zero-order valence-electron chi connectivity index (χ0n) is 14.4. The Bertz CT molecular complexity index is 649. The molecule has 1 heterocycles. The van der Waals surface area contributed by atoms with Gasteiger partial charge in [0.2, 0.25) is 0 Å². The van der Waals surface area contributed by atoms with Crippen molar-refractivity contribution in [3.63, 3.8) is 0 Å². The van der Waals surface area contributed by atoms with E-state index in [2.05, 4.69) is 0 Å². The zero-order chi connectivity index (χ0) is 17.7. The average molecular weight is 331 g/mol. The first-order chi connectivity index (χ1) is 11.4. The van der Waals surface area contributed by atoms with Crippen LogP contribution in [0.1, 0.15) is 43.9 Å². The van der Waals surface area contributed by atoms with Gasteiger partial charge in [0.15, 0.2) is 0 Å². The molecule has 2 N–H and O–H groups in total. The Morgan fingerprint density at radius 2 is 2.08 bits per heavy atom. The fourth-order valence-electron chi connectivity index (χ4n) is 2.91. The van der Waals surface area contributed by atoms with Crippen LogP contribution in [0.3, 0.4) is 0 Å². The van der Waals surface area contributed by atoms with E-state index in [9.17, 15) is 15.0 Å². The van der Waals surface area contributed by atoms with Crippen LogP contribution in [-0.2, 0) is 15.1 Å². The maximum atomic E-state index is 12.1. The van der Waals surface area contributed by atoms with Crippen molar-refractivity contribution < 1.29 is 19.7 Å². The SMILES string of the molecule is COC(=O)C1=CCCC=CN1C(C)c1ccccc1C(C)(O)CO. The van der Waals surface area contributed by atoms with Gasteiger partial charge in [-0.3, -0.25) is 0 Å². The van der Waals surface area contributed by atoms with Crippen LogP contribution in [0, 0.1) is 0 Å². The lowest BCUT2D eigenvalue weighted by Gasteiger charge is -2.33. The molecule has 1 aromatic carbocycles. The number of hydrogen-bond acceptors (Lipinski definition) is 5. The molecular weight excluding hydrogens is 306 g/mol. The average Bonchev–Trinajstić information content (AvgIpc) is 2.86. The van der Waals surface area contributed by atoms with Crippen molar-refractivity contribution in [1.82, 2.24) is 4.90 Å². The quantitative estimate of drug-likeness (QED) is 0.812. The molecule has 2 unspecified atom stereocenters. The molecule has 0 aliphatic carbocycles. The minimum atomic E-state index is -1.35. The van der Waals surface area contributed by atoms with Crippen molar-refractivity contribution in [2.24, 2.45) is 0 Å². The van der Waals surface area contributed by atoms with Gasteiger partial charge in [0.05, 0.1) is 19.8 Å². The summed E-state index contributed by atoms with van der Waals surface area (Å²) in [5, 5.41) is 20.0. The summed E-state index contributed by atoms with van der Waals surface area (Å²) >= 11 is 0. The molecule has 0 aromatic heterocycles. The number of rotatable bonds is 5. The molecule has 0 amide bonds. The van der Waals surface area contributed by atoms with E-state index in [4.69, 9.17) is 4.74 Å². The van der Waals surface area contributed by atoms with E-state index in [1.165, 1.54) is 7.11 Å². The molecule has 5 nitrogen and oxygen atoms in total. The van der Waals surface area contributed by atoms with Gasteiger partial charge in [-0.05, 0) is 37.8 Å². The zero-order valence-corrected chi connectivity index (χ0v) is 14.4. The summed E-state index contributed by atoms with van der Waals surface area (Å²) in [7, 11) is 1.37. The van der Waals surface area contributed by atoms with Gasteiger partial charge in [-0.1, -0.05) is 36.4 Å². The van der Waals surface area contributed by atoms with Crippen molar-refractivity contribution in [2.75, 3.05) is 13.7 Å². The molecule has 1 aromatic rings. The third-order valence-corrected chi connectivity index (χ3v) is 4.33. The highest BCUT2D eigenvalue weighted by molar-refractivity contribution is 5.88. The summed E-state index contributed by atoms with van der Waals surface area (Å²) < 4.78 is 4.91. The first-order valence-electron chi connectivity index (χ1n) is 8.08. The third-order valence-electron chi connectivity index (χ3n) is 4.33. The van der Waals surface area contributed by atoms with E-state index in [1.807, 2.05) is 48.4 Å². The van der Waals surface area contributed by atoms with Gasteiger partial charge in [0.25, 0.3) is 0 Å². The highest BCUT2D eigenvalue weighted by atomic mass is 16.5. The van der Waals surface area contributed by atoms with Gasteiger partial charge in [-0.2, -0.15) is 0 Å². The molecule has 0 fully saturated rings. The van der Waals surface area contributed by atoms with Crippen molar-refractivity contribution in [3.05, 3.63) is 59.4 Å². The van der Waals surface area contributed by atoms with Crippen LogP contribution in [0.5, 0.6) is 0 Å². The number of ether oxygens (including phenoxy) is 1. The molecular formula is C19H25NO4. The topological polar surface area (TPSA) is 70.0 Å². The van der Waals surface area contributed by atoms with E-state index in [0.717, 1.165) is 18.4 Å². The van der Waals surface area contributed by atoms with Crippen LogP contribution in [0.15, 0.2) is 48.3 Å². The van der Waals surface area contributed by atoms with Gasteiger partial charge >= 0.3 is 5.97 Å². The first kappa shape index (κ1) is 18.2. The van der Waals surface area contributed by atoms with Crippen LogP contribution in [0.4, 0.5) is 0 Å². The van der Waals surface area contributed by atoms with E-state index < -0.39 is 5.60 Å². The second-order valence-electron chi connectivity index (χ2n) is 6.15. The number of esters is 1. The number of benzene rings is 1. The maximum Gasteiger partial charge on any atom is 0.354 e. The normalized spacial score (nSPS) is 18.4. The summed E-state index contributed by atoms with van der Waals surface area (Å²) in [6.45, 7) is 3.15. The number of carbonyl (C=O) groups is 1. The molecule has 1 aliphatic heterocycles. The van der Waals surface area contributed by atoms with Gasteiger partial charge < -0.3 is 19.8 Å². The Morgan fingerprint density at radius 1 is 1.38 bits per heavy atom. The second-order valence-corrected chi connectivity index (χ2v) is 6.15. The first-order valence-corrected chi connectivity index (χ1v) is 8.08. The standard InChI is InChI=1S/C19H25NO4/c1-14(15-9-6-7-10-16(15)19(2,23)13-21)20-12-8-4-5-11-17(20)18(22)24-3/h6-12,14,21,23H,4-5,13H2,1-3H3. The molecule has 130 valence electrons. The molecule has 0 radical (unpaired) electrons. The van der Waals surface area contributed by atoms with Crippen LogP contribution < -0.4 is 0 Å². The smallest absolute Gasteiger partial charge is 0.354 e. The molecule has 24 heavy (non-hydrogen) atoms. The van der Waals surface area contributed by atoms with E-state index in [-0.39, 0.29) is 18.6 Å². The minimum Gasteiger partial charge on any atom is -0.464 e. The van der Waals surface area contributed by atoms with E-state index in [0.29, 0.717) is 11.3 Å². The molecule has 0 spiro atoms. The number of methoxy groups -OCH3 is 1. The summed E-state index contributed by atoms with van der Waals surface area (Å²) in [6.07, 6.45) is 7.37. The number of nitrogens with zero attached hydrogens (tertiary/aromatic N) is 1. The lowest BCUT2D eigenvalue weighted by molar-refractivity contribution is -0.137. The Morgan fingerprint density at radius 3 is 2.75 bits per heavy atom. The number of allylic oxidation sites excluding steroid dienone is 2. The molecule has 2 rings (SSSR count). The van der Waals surface area contributed by atoms with Gasteiger partial charge in [-0.15, -0.1) is 0 Å². The Labute approximate surface area is 142 Å². The van der Waals surface area contributed by atoms with E-state index in [1.54, 1.807) is 13.0 Å². The lowest BCUT2D eigenvalue weighted by atomic mass is 9.88. The summed E-state index contributed by atoms with van der Waals surface area (Å²) in [6, 6.07) is 7.19. The van der Waals surface area contributed by atoms with Crippen LogP contribution in [0.2, 0.25) is 0 Å². The highest BCUT2D eigenvalue weighted by Gasteiger charge is 2.30. The van der Waals surface area contributed by atoms with Crippen molar-refractivity contribution >= 4 is 5.97 Å². The molecule has 5 heteroatoms. The van der Waals surface area contributed by atoms with Gasteiger partial charge in [-0.25, -0.2) is 4.79 Å². The van der Waals surface area contributed by atoms with Gasteiger partial charge in [0.1, 0.15) is 11.3 Å². The maximum absolute atomic E-state index is 12.1. The fraction of sp³-hybridized carbons (Fsp3) is 0.421. The van der Waals surface area contributed by atoms with E-state index >= 15 is 0 Å². The van der Waals surface area contributed by atoms with Crippen molar-refractivity contribution in [3.8, 4) is 0 Å². The third kappa shape index (κ3) is 3.68. The number of carbonyl (C=O) groups excluding carboxylic acids is 1. The Balaban J connectivity index is 2.47. The monoisotopic (exact) mass is 331 g/mol. The number of aliphatic hydroxyl groups is 2. The molecule has 2 atom stereocenters. The summed E-state index contributed by atoms with van der Waals surface area (Å²) in [5.41, 5.74) is 0.618. The van der Waals surface area contributed by atoms with Crippen LogP contribution in [-0.4, -0.2) is 34.8 Å². The van der Waals surface area contributed by atoms with Gasteiger partial charge in [0, 0.05) is 6.20 Å². The summed E-state index contributed by atoms with van der Waals surface area (Å²) in [5.74, 6) is -0.389. The predicted octanol–water partition coefficient (Wildman–Crippen LogP) is 2.61. The molecule has 0 saturated carbocycles. The van der Waals surface area contributed by atoms with Crippen molar-refractivity contribution in [1.29, 1.82) is 0 Å². The largest absolute Gasteiger partial charge is 0.464 e. The Hall–Kier alpha value is -2.11. The number of aliphatic hydroxyl groups excluding tert-OH is 1. The van der Waals surface area contributed by atoms with Crippen LogP contribution in [0.25, 0.3) is 0 Å². The van der Waals surface area contributed by atoms with Crippen LogP contribution >= 0.6 is 0 Å². The number of hydrogen-bond donors (Lipinski definition) is 2. The Kier molecular flexibility index (Phi) is 5.80. The minimum absolute atomic E-state index is 0.209. The molecule has 1 aliphatic rings. The lowest BCUT2D eigenvalue weighted by Crippen LogP contribution is -2.31. The summed E-state index contributed by atoms with van der Waals surface area (Å²) in [4.78, 5) is 14.0.